The molecule has 1 fully saturated rings. The minimum Gasteiger partial charge on any atom is -0.497 e. The van der Waals surface area contributed by atoms with Gasteiger partial charge in [0.15, 0.2) is 5.78 Å². The molecular weight excluding hydrogens is 404 g/mol. The number of carbonyl (C=O) groups is 2. The summed E-state index contributed by atoms with van der Waals surface area (Å²) in [6, 6.07) is 18.3. The van der Waals surface area contributed by atoms with Gasteiger partial charge in [0.05, 0.1) is 7.11 Å². The second kappa shape index (κ2) is 9.22. The number of ether oxygens (including phenoxy) is 1. The fourth-order valence-corrected chi connectivity index (χ4v) is 4.13. The number of rotatable bonds is 5. The van der Waals surface area contributed by atoms with E-state index < -0.39 is 5.56 Å². The number of ketones is 1. The number of aromatic amines is 1. The molecular formula is C26H26N2O4. The third-order valence-corrected chi connectivity index (χ3v) is 6.00. The van der Waals surface area contributed by atoms with E-state index in [-0.39, 0.29) is 23.2 Å². The van der Waals surface area contributed by atoms with Crippen molar-refractivity contribution < 1.29 is 14.3 Å². The smallest absolute Gasteiger partial charge is 0.261 e. The Morgan fingerprint density at radius 3 is 2.34 bits per heavy atom. The van der Waals surface area contributed by atoms with Gasteiger partial charge < -0.3 is 14.6 Å². The van der Waals surface area contributed by atoms with Gasteiger partial charge in [0.1, 0.15) is 11.3 Å². The van der Waals surface area contributed by atoms with Gasteiger partial charge >= 0.3 is 0 Å². The monoisotopic (exact) mass is 430 g/mol. The van der Waals surface area contributed by atoms with Gasteiger partial charge in [-0.2, -0.15) is 0 Å². The first-order valence-electron chi connectivity index (χ1n) is 10.7. The Morgan fingerprint density at radius 1 is 1.00 bits per heavy atom. The number of hydrogen-bond acceptors (Lipinski definition) is 4. The Bertz CT molecular complexity index is 1190. The van der Waals surface area contributed by atoms with Gasteiger partial charge in [0, 0.05) is 30.3 Å². The average Bonchev–Trinajstić information content (AvgIpc) is 2.83. The number of hydrogen-bond donors (Lipinski definition) is 1. The van der Waals surface area contributed by atoms with Crippen molar-refractivity contribution in [1.29, 1.82) is 0 Å². The van der Waals surface area contributed by atoms with Crippen LogP contribution in [0, 0.1) is 12.8 Å². The van der Waals surface area contributed by atoms with Gasteiger partial charge in [-0.25, -0.2) is 0 Å². The summed E-state index contributed by atoms with van der Waals surface area (Å²) < 4.78 is 5.14. The molecule has 2 aromatic carbocycles. The van der Waals surface area contributed by atoms with Crippen LogP contribution in [0.2, 0.25) is 0 Å². The van der Waals surface area contributed by atoms with Gasteiger partial charge in [0.2, 0.25) is 0 Å². The Morgan fingerprint density at radius 2 is 1.72 bits per heavy atom. The fourth-order valence-electron chi connectivity index (χ4n) is 4.13. The number of aromatic nitrogens is 1. The lowest BCUT2D eigenvalue weighted by molar-refractivity contribution is 0.0649. The Balaban J connectivity index is 1.42. The predicted octanol–water partition coefficient (Wildman–Crippen LogP) is 4.09. The highest BCUT2D eigenvalue weighted by molar-refractivity contribution is 5.98. The van der Waals surface area contributed by atoms with E-state index in [9.17, 15) is 14.4 Å². The number of aryl methyl sites for hydroxylation is 1. The number of carbonyl (C=O) groups excluding carboxylic acids is 2. The normalized spacial score (nSPS) is 14.2. The molecule has 0 spiro atoms. The molecule has 164 valence electrons. The quantitative estimate of drug-likeness (QED) is 0.618. The van der Waals surface area contributed by atoms with Crippen LogP contribution in [-0.4, -0.2) is 41.8 Å². The predicted molar refractivity (Wildman–Crippen MR) is 123 cm³/mol. The van der Waals surface area contributed by atoms with Gasteiger partial charge in [-0.1, -0.05) is 23.8 Å². The van der Waals surface area contributed by atoms with Crippen molar-refractivity contribution in [3.8, 4) is 17.0 Å². The highest BCUT2D eigenvalue weighted by atomic mass is 16.5. The minimum absolute atomic E-state index is 0.0834. The first-order valence-corrected chi connectivity index (χ1v) is 10.7. The molecule has 0 radical (unpaired) electrons. The number of piperidine rings is 1. The molecule has 0 unspecified atom stereocenters. The average molecular weight is 431 g/mol. The number of amides is 1. The maximum atomic E-state index is 12.9. The Kier molecular flexibility index (Phi) is 6.21. The summed E-state index contributed by atoms with van der Waals surface area (Å²) in [4.78, 5) is 42.9. The molecule has 6 heteroatoms. The van der Waals surface area contributed by atoms with E-state index in [1.807, 2.05) is 31.2 Å². The number of methoxy groups -OCH3 is 1. The number of H-pyrrole nitrogens is 1. The van der Waals surface area contributed by atoms with Crippen LogP contribution >= 0.6 is 0 Å². The van der Waals surface area contributed by atoms with E-state index >= 15 is 0 Å². The minimum atomic E-state index is -0.398. The standard InChI is InChI=1S/C26H26N2O4/c1-17-4-3-5-20(16-17)23-11-10-22(25(30)27-23)26(31)28-14-12-19(13-15-28)24(29)18-6-8-21(32-2)9-7-18/h3-11,16,19H,12-15H2,1-2H3,(H,27,30). The van der Waals surface area contributed by atoms with Crippen molar-refractivity contribution in [2.75, 3.05) is 20.2 Å². The van der Waals surface area contributed by atoms with Crippen molar-refractivity contribution in [1.82, 2.24) is 9.88 Å². The van der Waals surface area contributed by atoms with E-state index in [1.165, 1.54) is 0 Å². The molecule has 0 aliphatic carbocycles. The first-order chi connectivity index (χ1) is 15.5. The van der Waals surface area contributed by atoms with Crippen LogP contribution in [0.5, 0.6) is 5.75 Å². The van der Waals surface area contributed by atoms with Gasteiger partial charge in [0.25, 0.3) is 11.5 Å². The number of nitrogens with zero attached hydrogens (tertiary/aromatic N) is 1. The van der Waals surface area contributed by atoms with Crippen molar-refractivity contribution in [2.45, 2.75) is 19.8 Å². The van der Waals surface area contributed by atoms with Crippen LogP contribution in [-0.2, 0) is 0 Å². The lowest BCUT2D eigenvalue weighted by atomic mass is 9.88. The van der Waals surface area contributed by atoms with Crippen molar-refractivity contribution in [3.05, 3.63) is 87.7 Å². The summed E-state index contributed by atoms with van der Waals surface area (Å²) in [6.45, 7) is 2.89. The molecule has 1 saturated heterocycles. The molecule has 6 nitrogen and oxygen atoms in total. The summed E-state index contributed by atoms with van der Waals surface area (Å²) in [7, 11) is 1.59. The molecule has 1 aliphatic rings. The summed E-state index contributed by atoms with van der Waals surface area (Å²) >= 11 is 0. The number of nitrogens with one attached hydrogen (secondary N) is 1. The summed E-state index contributed by atoms with van der Waals surface area (Å²) in [5.74, 6) is 0.368. The lowest BCUT2D eigenvalue weighted by Crippen LogP contribution is -2.42. The van der Waals surface area contributed by atoms with E-state index in [1.54, 1.807) is 48.4 Å². The number of Topliss-reactive ketones (excluding diaryl/α,β-unsaturated/α-hetero) is 1. The van der Waals surface area contributed by atoms with Gasteiger partial charge in [-0.05, 0) is 67.8 Å². The van der Waals surface area contributed by atoms with Crippen LogP contribution < -0.4 is 10.3 Å². The summed E-state index contributed by atoms with van der Waals surface area (Å²) in [5, 5.41) is 0. The van der Waals surface area contributed by atoms with Crippen LogP contribution in [0.15, 0.2) is 65.5 Å². The third-order valence-electron chi connectivity index (χ3n) is 6.00. The molecule has 1 aliphatic heterocycles. The van der Waals surface area contributed by atoms with Crippen LogP contribution in [0.4, 0.5) is 0 Å². The Hall–Kier alpha value is -3.67. The summed E-state index contributed by atoms with van der Waals surface area (Å²) in [6.07, 6.45) is 1.16. The van der Waals surface area contributed by atoms with Crippen molar-refractivity contribution >= 4 is 11.7 Å². The number of benzene rings is 2. The third kappa shape index (κ3) is 4.49. The largest absolute Gasteiger partial charge is 0.497 e. The number of pyridine rings is 1. The highest BCUT2D eigenvalue weighted by Gasteiger charge is 2.29. The zero-order chi connectivity index (χ0) is 22.7. The first kappa shape index (κ1) is 21.6. The van der Waals surface area contributed by atoms with E-state index in [2.05, 4.69) is 4.98 Å². The van der Waals surface area contributed by atoms with Gasteiger partial charge in [-0.15, -0.1) is 0 Å². The van der Waals surface area contributed by atoms with Crippen LogP contribution in [0.1, 0.15) is 39.1 Å². The Labute approximate surface area is 186 Å². The second-order valence-electron chi connectivity index (χ2n) is 8.14. The maximum absolute atomic E-state index is 12.9. The van der Waals surface area contributed by atoms with Crippen molar-refractivity contribution in [3.63, 3.8) is 0 Å². The molecule has 4 rings (SSSR count). The molecule has 1 aromatic heterocycles. The summed E-state index contributed by atoms with van der Waals surface area (Å²) in [5.41, 5.74) is 3.05. The topological polar surface area (TPSA) is 79.5 Å². The van der Waals surface area contributed by atoms with Gasteiger partial charge in [-0.3, -0.25) is 14.4 Å². The maximum Gasteiger partial charge on any atom is 0.261 e. The molecule has 32 heavy (non-hydrogen) atoms. The SMILES string of the molecule is COc1ccc(C(=O)C2CCN(C(=O)c3ccc(-c4cccc(C)c4)[nH]c3=O)CC2)cc1. The second-order valence-corrected chi connectivity index (χ2v) is 8.14. The molecule has 1 N–H and O–H groups in total. The van der Waals surface area contributed by atoms with E-state index in [0.29, 0.717) is 42.9 Å². The van der Waals surface area contributed by atoms with E-state index in [0.717, 1.165) is 11.1 Å². The van der Waals surface area contributed by atoms with E-state index in [4.69, 9.17) is 4.74 Å². The van der Waals surface area contributed by atoms with Crippen LogP contribution in [0.3, 0.4) is 0 Å². The zero-order valence-electron chi connectivity index (χ0n) is 18.3. The molecule has 0 saturated carbocycles. The molecule has 0 bridgehead atoms. The zero-order valence-corrected chi connectivity index (χ0v) is 18.3. The fraction of sp³-hybridized carbons (Fsp3) is 0.269. The lowest BCUT2D eigenvalue weighted by Gasteiger charge is -2.31. The number of likely N-dealkylation sites (tertiary alicyclic amines) is 1. The molecule has 2 heterocycles. The van der Waals surface area contributed by atoms with Crippen molar-refractivity contribution in [2.24, 2.45) is 5.92 Å². The molecule has 3 aromatic rings. The molecule has 1 amide bonds. The van der Waals surface area contributed by atoms with Crippen LogP contribution in [0.25, 0.3) is 11.3 Å². The molecule has 0 atom stereocenters. The highest BCUT2D eigenvalue weighted by Crippen LogP contribution is 2.24.